The molecule has 0 atom stereocenters. The van der Waals surface area contributed by atoms with Crippen LogP contribution in [0.3, 0.4) is 0 Å². The van der Waals surface area contributed by atoms with Gasteiger partial charge in [0, 0.05) is 5.56 Å². The van der Waals surface area contributed by atoms with Gasteiger partial charge in [-0.2, -0.15) is 0 Å². The van der Waals surface area contributed by atoms with Gasteiger partial charge >= 0.3 is 0 Å². The Morgan fingerprint density at radius 3 is 1.09 bits per heavy atom. The lowest BCUT2D eigenvalue weighted by molar-refractivity contribution is -0.00740. The van der Waals surface area contributed by atoms with Crippen molar-refractivity contribution >= 4 is 0 Å². The van der Waals surface area contributed by atoms with Crippen LogP contribution in [0.2, 0.25) is 0 Å². The molecule has 0 heterocycles. The van der Waals surface area contributed by atoms with Gasteiger partial charge in [0.25, 0.3) is 0 Å². The number of benzene rings is 3. The Hall–Kier alpha value is -3.06. The van der Waals surface area contributed by atoms with E-state index in [2.05, 4.69) is 53.7 Å². The van der Waals surface area contributed by atoms with Gasteiger partial charge in [-0.25, -0.2) is 0 Å². The summed E-state index contributed by atoms with van der Waals surface area (Å²) in [5, 5.41) is 0. The summed E-state index contributed by atoms with van der Waals surface area (Å²) in [7, 11) is 0. The van der Waals surface area contributed by atoms with Gasteiger partial charge in [-0.3, -0.25) is 0 Å². The molecule has 0 aliphatic heterocycles. The Morgan fingerprint density at radius 2 is 0.722 bits per heavy atom. The summed E-state index contributed by atoms with van der Waals surface area (Å²) in [4.78, 5) is 0. The maximum Gasteiger partial charge on any atom is 0.165 e. The normalized spacial score (nSPS) is 12.0. The predicted octanol–water partition coefficient (Wildman–Crippen LogP) is 7.57. The van der Waals surface area contributed by atoms with E-state index in [1.165, 1.54) is 5.56 Å². The summed E-state index contributed by atoms with van der Waals surface area (Å²) >= 11 is 0. The third-order valence-corrected chi connectivity index (χ3v) is 8.14. The molecule has 0 amide bonds. The van der Waals surface area contributed by atoms with Crippen molar-refractivity contribution in [3.05, 3.63) is 95.1 Å². The Morgan fingerprint density at radius 1 is 0.370 bits per heavy atom. The minimum atomic E-state index is -0.160. The van der Waals surface area contributed by atoms with Crippen molar-refractivity contribution in [2.45, 2.75) is 65.6 Å². The zero-order valence-electron chi connectivity index (χ0n) is 33.7. The smallest absolute Gasteiger partial charge is 0.165 e. The van der Waals surface area contributed by atoms with Gasteiger partial charge in [0.2, 0.25) is 0 Å². The first-order valence-corrected chi connectivity index (χ1v) is 19.3. The van der Waals surface area contributed by atoms with Crippen LogP contribution in [0.1, 0.15) is 63.8 Å². The van der Waals surface area contributed by atoms with E-state index in [0.29, 0.717) is 125 Å². The van der Waals surface area contributed by atoms with Gasteiger partial charge in [0.05, 0.1) is 106 Å². The fourth-order valence-electron chi connectivity index (χ4n) is 5.11. The monoisotopic (exact) mass is 754 g/mol. The van der Waals surface area contributed by atoms with Crippen LogP contribution in [-0.2, 0) is 61.9 Å². The van der Waals surface area contributed by atoms with Crippen molar-refractivity contribution in [2.24, 2.45) is 0 Å². The molecule has 302 valence electrons. The molecule has 0 radical (unpaired) electrons. The van der Waals surface area contributed by atoms with Gasteiger partial charge in [-0.15, -0.1) is 0 Å². The lowest BCUT2D eigenvalue weighted by atomic mass is 9.80. The lowest BCUT2D eigenvalue weighted by Crippen LogP contribution is -2.20. The van der Waals surface area contributed by atoms with Crippen LogP contribution >= 0.6 is 0 Å². The minimum Gasteiger partial charge on any atom is -0.487 e. The molecule has 54 heavy (non-hydrogen) atoms. The molecule has 0 aliphatic rings. The Balaban J connectivity index is 1.28. The van der Waals surface area contributed by atoms with Gasteiger partial charge < -0.3 is 47.4 Å². The highest BCUT2D eigenvalue weighted by Gasteiger charge is 2.27. The first-order chi connectivity index (χ1) is 26.1. The predicted molar refractivity (Wildman–Crippen MR) is 212 cm³/mol. The summed E-state index contributed by atoms with van der Waals surface area (Å²) in [6.07, 6.45) is 0. The quantitative estimate of drug-likeness (QED) is 0.0635. The van der Waals surface area contributed by atoms with Gasteiger partial charge in [0.1, 0.15) is 13.2 Å². The van der Waals surface area contributed by atoms with Crippen LogP contribution in [-0.4, -0.2) is 106 Å². The topological polar surface area (TPSA) is 92.3 Å². The molecule has 3 rings (SSSR count). The van der Waals surface area contributed by atoms with Crippen LogP contribution in [0.25, 0.3) is 0 Å². The van der Waals surface area contributed by atoms with E-state index >= 15 is 0 Å². The van der Waals surface area contributed by atoms with Gasteiger partial charge in [-0.1, -0.05) is 108 Å². The van der Waals surface area contributed by atoms with Crippen LogP contribution in [0.15, 0.2) is 72.8 Å². The third-order valence-electron chi connectivity index (χ3n) is 8.14. The lowest BCUT2D eigenvalue weighted by Gasteiger charge is -2.29. The van der Waals surface area contributed by atoms with Crippen molar-refractivity contribution in [2.75, 3.05) is 106 Å². The van der Waals surface area contributed by atoms with E-state index in [0.717, 1.165) is 22.4 Å². The molecule has 0 saturated carbocycles. The van der Waals surface area contributed by atoms with Crippen molar-refractivity contribution in [3.63, 3.8) is 0 Å². The average molecular weight is 755 g/mol. The molecule has 10 heteroatoms. The molecule has 0 unspecified atom stereocenters. The van der Waals surface area contributed by atoms with E-state index in [9.17, 15) is 0 Å². The Bertz CT molecular complexity index is 1360. The zero-order chi connectivity index (χ0) is 38.7. The summed E-state index contributed by atoms with van der Waals surface area (Å²) in [6, 6.07) is 24.5. The second-order valence-electron chi connectivity index (χ2n) is 14.8. The second-order valence-corrected chi connectivity index (χ2v) is 14.8. The number of hydrogen-bond acceptors (Lipinski definition) is 10. The summed E-state index contributed by atoms with van der Waals surface area (Å²) < 4.78 is 58.0. The number of hydrogen-bond donors (Lipinski definition) is 0. The Labute approximate surface area is 324 Å². The van der Waals surface area contributed by atoms with E-state index in [1.54, 1.807) is 0 Å². The highest BCUT2D eigenvalue weighted by Crippen LogP contribution is 2.42. The molecule has 0 bridgehead atoms. The molecular weight excluding hydrogens is 688 g/mol. The summed E-state index contributed by atoms with van der Waals surface area (Å²) in [6.45, 7) is 22.1. The second kappa shape index (κ2) is 26.7. The molecule has 10 nitrogen and oxygen atoms in total. The van der Waals surface area contributed by atoms with E-state index in [4.69, 9.17) is 47.4 Å². The highest BCUT2D eigenvalue weighted by atomic mass is 16.6. The fourth-order valence-corrected chi connectivity index (χ4v) is 5.11. The largest absolute Gasteiger partial charge is 0.487 e. The molecule has 0 N–H and O–H groups in total. The fraction of sp³-hybridized carbons (Fsp3) is 0.591. The first kappa shape index (κ1) is 45.3. The molecule has 0 aromatic heterocycles. The molecule has 0 fully saturated rings. The molecular formula is C44H66O10. The average Bonchev–Trinajstić information content (AvgIpc) is 3.15. The maximum atomic E-state index is 6.36. The molecule has 0 saturated heterocycles. The van der Waals surface area contributed by atoms with Crippen LogP contribution in [0.4, 0.5) is 0 Å². The highest BCUT2D eigenvalue weighted by molar-refractivity contribution is 5.53. The number of rotatable bonds is 30. The molecule has 3 aromatic carbocycles. The summed E-state index contributed by atoms with van der Waals surface area (Å²) in [5.41, 5.74) is 4.37. The van der Waals surface area contributed by atoms with Gasteiger partial charge in [-0.05, 0) is 33.6 Å². The first-order valence-electron chi connectivity index (χ1n) is 19.3. The number of ether oxygens (including phenoxy) is 10. The van der Waals surface area contributed by atoms with Crippen molar-refractivity contribution in [3.8, 4) is 11.5 Å². The minimum absolute atomic E-state index is 0.0618. The van der Waals surface area contributed by atoms with Crippen molar-refractivity contribution < 1.29 is 47.4 Å². The van der Waals surface area contributed by atoms with Crippen LogP contribution < -0.4 is 9.47 Å². The van der Waals surface area contributed by atoms with E-state index in [1.807, 2.05) is 60.7 Å². The van der Waals surface area contributed by atoms with Crippen molar-refractivity contribution in [1.29, 1.82) is 0 Å². The zero-order valence-corrected chi connectivity index (χ0v) is 33.7. The van der Waals surface area contributed by atoms with Crippen molar-refractivity contribution in [1.82, 2.24) is 0 Å². The third kappa shape index (κ3) is 20.0. The molecule has 0 spiro atoms. The maximum absolute atomic E-state index is 6.36. The van der Waals surface area contributed by atoms with E-state index in [-0.39, 0.29) is 10.8 Å². The van der Waals surface area contributed by atoms with Crippen LogP contribution in [0, 0.1) is 0 Å². The van der Waals surface area contributed by atoms with Crippen LogP contribution in [0.5, 0.6) is 11.5 Å². The summed E-state index contributed by atoms with van der Waals surface area (Å²) in [5.74, 6) is 1.46. The standard InChI is InChI=1S/C44H66O10/c1-43(2,3)39-33-40(44(4,5)6)42(54-32-30-50-24-22-46-18-20-48-26-28-52-36-38-15-11-8-12-16-38)41(34-39)53-31-29-49-23-21-45-17-19-47-25-27-51-35-37-13-9-7-10-14-37/h7-16,33-34H,17-32,35-36H2,1-6H3. The van der Waals surface area contributed by atoms with E-state index < -0.39 is 0 Å². The molecule has 0 aliphatic carbocycles. The molecule has 3 aromatic rings. The SMILES string of the molecule is CC(C)(C)c1cc(OCCOCCOCCOCCOCc2ccccc2)c(OCCOCCOCCOCCOCc2ccccc2)c(C(C)(C)C)c1. The van der Waals surface area contributed by atoms with Gasteiger partial charge in [0.15, 0.2) is 11.5 Å². The Kier molecular flexibility index (Phi) is 22.4.